The van der Waals surface area contributed by atoms with Crippen LogP contribution in [0.15, 0.2) is 48.5 Å². The molecule has 2 aromatic rings. The minimum Gasteiger partial charge on any atom is -0.457 e. The number of rotatable bonds is 34. The molecule has 0 radical (unpaired) electrons. The van der Waals surface area contributed by atoms with Crippen LogP contribution in [0.3, 0.4) is 0 Å². The van der Waals surface area contributed by atoms with Crippen molar-refractivity contribution in [3.63, 3.8) is 0 Å². The number of benzene rings is 2. The molecule has 47 heavy (non-hydrogen) atoms. The fraction of sp³-hybridized carbons (Fsp3) is 0.739. The summed E-state index contributed by atoms with van der Waals surface area (Å²) in [6, 6.07) is 17.4. The molecule has 0 aliphatic rings. The second-order valence-corrected chi connectivity index (χ2v) is 14.8. The largest absolute Gasteiger partial charge is 0.457 e. The van der Waals surface area contributed by atoms with Crippen LogP contribution in [0.5, 0.6) is 11.5 Å². The van der Waals surface area contributed by atoms with Crippen molar-refractivity contribution in [3.05, 3.63) is 59.7 Å². The van der Waals surface area contributed by atoms with E-state index in [2.05, 4.69) is 62.4 Å². The van der Waals surface area contributed by atoms with Gasteiger partial charge in [0.15, 0.2) is 0 Å². The summed E-state index contributed by atoms with van der Waals surface area (Å²) in [7, 11) is 0. The molecule has 0 saturated carbocycles. The van der Waals surface area contributed by atoms with E-state index in [0.717, 1.165) is 17.9 Å². The van der Waals surface area contributed by atoms with Gasteiger partial charge < -0.3 is 4.74 Å². The van der Waals surface area contributed by atoms with Gasteiger partial charge in [0.05, 0.1) is 0 Å². The number of hydrogen-bond donors (Lipinski definition) is 0. The zero-order chi connectivity index (χ0) is 33.3. The van der Waals surface area contributed by atoms with Gasteiger partial charge in [-0.25, -0.2) is 0 Å². The topological polar surface area (TPSA) is 9.23 Å². The SMILES string of the molecule is CCCCCCCCCCCCCCCCCc1ccc(Oc2ccccc2)c(CCCCCCCCCCCCCCCCC)c1. The first-order chi connectivity index (χ1) is 23.3. The Morgan fingerprint density at radius 3 is 1.13 bits per heavy atom. The zero-order valence-corrected chi connectivity index (χ0v) is 31.7. The Hall–Kier alpha value is -1.76. The third-order valence-electron chi connectivity index (χ3n) is 10.2. The molecule has 0 saturated heterocycles. The molecule has 0 N–H and O–H groups in total. The molecule has 0 amide bonds. The van der Waals surface area contributed by atoms with Crippen molar-refractivity contribution in [2.75, 3.05) is 0 Å². The highest BCUT2D eigenvalue weighted by Gasteiger charge is 2.08. The fourth-order valence-corrected chi connectivity index (χ4v) is 7.09. The predicted octanol–water partition coefficient (Wildman–Crippen LogP) is 16.3. The van der Waals surface area contributed by atoms with Crippen molar-refractivity contribution < 1.29 is 4.74 Å². The van der Waals surface area contributed by atoms with Crippen LogP contribution in [0.2, 0.25) is 0 Å². The van der Waals surface area contributed by atoms with Gasteiger partial charge in [0.2, 0.25) is 0 Å². The van der Waals surface area contributed by atoms with Crippen LogP contribution >= 0.6 is 0 Å². The molecule has 0 aliphatic heterocycles. The average Bonchev–Trinajstić information content (AvgIpc) is 3.09. The summed E-state index contributed by atoms with van der Waals surface area (Å²) >= 11 is 0. The highest BCUT2D eigenvalue weighted by atomic mass is 16.5. The third-order valence-corrected chi connectivity index (χ3v) is 10.2. The van der Waals surface area contributed by atoms with E-state index in [-0.39, 0.29) is 0 Å². The minimum atomic E-state index is 0.945. The molecule has 0 spiro atoms. The van der Waals surface area contributed by atoms with Gasteiger partial charge >= 0.3 is 0 Å². The molecular formula is C46H78O. The van der Waals surface area contributed by atoms with Crippen LogP contribution in [-0.2, 0) is 12.8 Å². The first-order valence-corrected chi connectivity index (χ1v) is 21.2. The highest BCUT2D eigenvalue weighted by molar-refractivity contribution is 5.40. The Balaban J connectivity index is 1.57. The third kappa shape index (κ3) is 24.1. The van der Waals surface area contributed by atoms with Crippen molar-refractivity contribution in [2.45, 2.75) is 219 Å². The Labute approximate surface area is 294 Å². The molecule has 0 aliphatic carbocycles. The quantitative estimate of drug-likeness (QED) is 0.0687. The summed E-state index contributed by atoms with van der Waals surface area (Å²) in [5.41, 5.74) is 2.90. The van der Waals surface area contributed by atoms with E-state index in [1.54, 1.807) is 0 Å². The van der Waals surface area contributed by atoms with Crippen molar-refractivity contribution in [2.24, 2.45) is 0 Å². The van der Waals surface area contributed by atoms with E-state index in [1.165, 1.54) is 210 Å². The van der Waals surface area contributed by atoms with E-state index < -0.39 is 0 Å². The molecule has 2 rings (SSSR count). The Morgan fingerprint density at radius 1 is 0.362 bits per heavy atom. The van der Waals surface area contributed by atoms with Crippen molar-refractivity contribution in [3.8, 4) is 11.5 Å². The van der Waals surface area contributed by atoms with Crippen molar-refractivity contribution in [1.82, 2.24) is 0 Å². The summed E-state index contributed by atoms with van der Waals surface area (Å²) in [4.78, 5) is 0. The second kappa shape index (κ2) is 31.5. The van der Waals surface area contributed by atoms with E-state index >= 15 is 0 Å². The smallest absolute Gasteiger partial charge is 0.130 e. The molecule has 0 fully saturated rings. The van der Waals surface area contributed by atoms with Crippen molar-refractivity contribution in [1.29, 1.82) is 0 Å². The molecule has 0 aromatic heterocycles. The van der Waals surface area contributed by atoms with E-state index in [1.807, 2.05) is 0 Å². The lowest BCUT2D eigenvalue weighted by atomic mass is 9.98. The fourth-order valence-electron chi connectivity index (χ4n) is 7.09. The van der Waals surface area contributed by atoms with Crippen LogP contribution in [0.25, 0.3) is 0 Å². The number of unbranched alkanes of at least 4 members (excludes halogenated alkanes) is 28. The van der Waals surface area contributed by atoms with Gasteiger partial charge in [0.25, 0.3) is 0 Å². The molecule has 1 heteroatoms. The van der Waals surface area contributed by atoms with Gasteiger partial charge in [-0.3, -0.25) is 0 Å². The number of para-hydroxylation sites is 1. The molecule has 268 valence electrons. The first kappa shape index (κ1) is 41.4. The van der Waals surface area contributed by atoms with Crippen LogP contribution < -0.4 is 4.74 Å². The Bertz CT molecular complexity index is 918. The van der Waals surface area contributed by atoms with E-state index in [9.17, 15) is 0 Å². The Morgan fingerprint density at radius 2 is 0.723 bits per heavy atom. The lowest BCUT2D eigenvalue weighted by Crippen LogP contribution is -1.96. The molecule has 1 nitrogen and oxygen atoms in total. The van der Waals surface area contributed by atoms with Gasteiger partial charge in [-0.05, 0) is 55.0 Å². The Kier molecular flexibility index (Phi) is 27.8. The van der Waals surface area contributed by atoms with Crippen LogP contribution in [-0.4, -0.2) is 0 Å². The van der Waals surface area contributed by atoms with Gasteiger partial charge in [-0.1, -0.05) is 224 Å². The molecule has 0 heterocycles. The zero-order valence-electron chi connectivity index (χ0n) is 31.7. The monoisotopic (exact) mass is 647 g/mol. The number of ether oxygens (including phenoxy) is 1. The molecule has 2 aromatic carbocycles. The maximum atomic E-state index is 6.37. The van der Waals surface area contributed by atoms with E-state index in [4.69, 9.17) is 4.74 Å². The van der Waals surface area contributed by atoms with Crippen LogP contribution in [0.4, 0.5) is 0 Å². The summed E-state index contributed by atoms with van der Waals surface area (Å²) in [5.74, 6) is 2.00. The molecule has 0 unspecified atom stereocenters. The van der Waals surface area contributed by atoms with Gasteiger partial charge in [-0.15, -0.1) is 0 Å². The maximum Gasteiger partial charge on any atom is 0.130 e. The van der Waals surface area contributed by atoms with Crippen LogP contribution in [0.1, 0.15) is 218 Å². The van der Waals surface area contributed by atoms with Gasteiger partial charge in [0, 0.05) is 0 Å². The summed E-state index contributed by atoms with van der Waals surface area (Å²) in [5, 5.41) is 0. The van der Waals surface area contributed by atoms with Gasteiger partial charge in [-0.2, -0.15) is 0 Å². The second-order valence-electron chi connectivity index (χ2n) is 14.8. The van der Waals surface area contributed by atoms with Crippen molar-refractivity contribution >= 4 is 0 Å². The summed E-state index contributed by atoms with van der Waals surface area (Å²) in [6.07, 6.45) is 44.9. The molecule has 0 bridgehead atoms. The minimum absolute atomic E-state index is 0.945. The standard InChI is InChI=1S/C46H78O/c1-3-5-7-9-11-13-15-17-19-21-23-25-27-29-32-36-43-40-41-46(47-45-38-34-31-35-39-45)44(42-43)37-33-30-28-26-24-22-20-18-16-14-12-10-8-6-4-2/h31,34-35,38-42H,3-30,32-33,36-37H2,1-2H3. The maximum absolute atomic E-state index is 6.37. The van der Waals surface area contributed by atoms with Crippen LogP contribution in [0, 0.1) is 0 Å². The molecule has 0 atom stereocenters. The lowest BCUT2D eigenvalue weighted by Gasteiger charge is -2.13. The van der Waals surface area contributed by atoms with E-state index in [0.29, 0.717) is 0 Å². The molecular weight excluding hydrogens is 569 g/mol. The lowest BCUT2D eigenvalue weighted by molar-refractivity contribution is 0.473. The van der Waals surface area contributed by atoms with Gasteiger partial charge in [0.1, 0.15) is 11.5 Å². The normalized spacial score (nSPS) is 11.4. The average molecular weight is 647 g/mol. The predicted molar refractivity (Wildman–Crippen MR) is 210 cm³/mol. The highest BCUT2D eigenvalue weighted by Crippen LogP contribution is 2.29. The number of hydrogen-bond acceptors (Lipinski definition) is 1. The first-order valence-electron chi connectivity index (χ1n) is 21.2. The summed E-state index contributed by atoms with van der Waals surface area (Å²) in [6.45, 7) is 4.61. The number of aryl methyl sites for hydroxylation is 2. The summed E-state index contributed by atoms with van der Waals surface area (Å²) < 4.78 is 6.37.